The third-order valence-electron chi connectivity index (χ3n) is 7.03. The number of ether oxygens (including phenoxy) is 6. The third-order valence-corrected chi connectivity index (χ3v) is 7.03. The van der Waals surface area contributed by atoms with E-state index in [2.05, 4.69) is 17.2 Å². The second-order valence-electron chi connectivity index (χ2n) is 10.5. The summed E-state index contributed by atoms with van der Waals surface area (Å²) in [6, 6.07) is 3.54. The molecule has 14 heteroatoms. The van der Waals surface area contributed by atoms with E-state index in [0.717, 1.165) is 17.7 Å². The highest BCUT2D eigenvalue weighted by Crippen LogP contribution is 2.32. The van der Waals surface area contributed by atoms with Gasteiger partial charge in [0, 0.05) is 19.4 Å². The van der Waals surface area contributed by atoms with Crippen molar-refractivity contribution < 1.29 is 52.4 Å². The summed E-state index contributed by atoms with van der Waals surface area (Å²) >= 11 is 0. The van der Waals surface area contributed by atoms with Crippen molar-refractivity contribution in [2.24, 2.45) is 0 Å². The van der Waals surface area contributed by atoms with E-state index >= 15 is 0 Å². The number of benzene rings is 1. The Hall–Kier alpha value is -3.53. The fourth-order valence-electron chi connectivity index (χ4n) is 4.76. The van der Waals surface area contributed by atoms with Crippen molar-refractivity contribution in [1.82, 2.24) is 10.2 Å². The Balaban J connectivity index is 1.16. The van der Waals surface area contributed by atoms with E-state index in [-0.39, 0.29) is 42.0 Å². The molecular formula is C32H45N3O11. The molecule has 2 aliphatic rings. The van der Waals surface area contributed by atoms with E-state index in [1.54, 1.807) is 18.2 Å². The minimum Gasteiger partial charge on any atom is -0.379 e. The van der Waals surface area contributed by atoms with E-state index in [1.165, 1.54) is 6.07 Å². The molecule has 1 unspecified atom stereocenters. The molecule has 3 rings (SSSR count). The van der Waals surface area contributed by atoms with Crippen LogP contribution < -0.4 is 10.6 Å². The minimum atomic E-state index is -1.07. The number of carbonyl (C=O) groups is 5. The zero-order valence-corrected chi connectivity index (χ0v) is 26.3. The molecule has 0 saturated carbocycles. The number of rotatable bonds is 25. The van der Waals surface area contributed by atoms with Crippen molar-refractivity contribution in [3.63, 3.8) is 0 Å². The fourth-order valence-corrected chi connectivity index (χ4v) is 4.76. The van der Waals surface area contributed by atoms with Crippen molar-refractivity contribution in [2.75, 3.05) is 84.6 Å². The van der Waals surface area contributed by atoms with Crippen molar-refractivity contribution >= 4 is 35.2 Å². The second kappa shape index (κ2) is 21.3. The first kappa shape index (κ1) is 36.9. The molecule has 0 spiro atoms. The zero-order valence-electron chi connectivity index (χ0n) is 26.3. The van der Waals surface area contributed by atoms with Crippen LogP contribution in [0.4, 0.5) is 5.69 Å². The summed E-state index contributed by atoms with van der Waals surface area (Å²) in [5, 5.41) is 4.90. The number of piperidine rings is 1. The standard InChI is InChI=1S/C32H45N3O11/c1-2-12-41-14-16-43-18-20-45-22-23-46-21-19-44-17-15-42-13-5-3-4-9-27(36)33-25-8-6-7-24-29(25)32(40)35(31(24)39)26-10-11-28(37)34-30(26)38/h2,6-8,26H,1,3-5,9-23H2,(H,33,36)(H,34,37,38). The number of nitrogens with one attached hydrogen (secondary N) is 2. The summed E-state index contributed by atoms with van der Waals surface area (Å²) in [5.74, 6) is -2.70. The zero-order chi connectivity index (χ0) is 33.0. The fraction of sp³-hybridized carbons (Fsp3) is 0.594. The number of imide groups is 2. The number of unbranched alkanes of at least 4 members (excludes halogenated alkanes) is 2. The topological polar surface area (TPSA) is 168 Å². The van der Waals surface area contributed by atoms with E-state index in [0.29, 0.717) is 85.7 Å². The van der Waals surface area contributed by atoms with Gasteiger partial charge in [0.05, 0.1) is 89.5 Å². The Labute approximate surface area is 269 Å². The van der Waals surface area contributed by atoms with Gasteiger partial charge < -0.3 is 33.7 Å². The van der Waals surface area contributed by atoms with Crippen molar-refractivity contribution in [3.05, 3.63) is 42.0 Å². The average molecular weight is 648 g/mol. The van der Waals surface area contributed by atoms with Crippen LogP contribution in [0.1, 0.15) is 59.2 Å². The van der Waals surface area contributed by atoms with E-state index in [1.807, 2.05) is 0 Å². The summed E-state index contributed by atoms with van der Waals surface area (Å²) < 4.78 is 32.5. The van der Waals surface area contributed by atoms with Crippen LogP contribution in [0.2, 0.25) is 0 Å². The SMILES string of the molecule is C=CCOCCOCCOCCOCCOCCOCCCCCC(=O)Nc1cccc2c1C(=O)N(C1CCC(=O)NC1=O)C2=O. The van der Waals surface area contributed by atoms with Crippen LogP contribution in [0.25, 0.3) is 0 Å². The van der Waals surface area contributed by atoms with Crippen LogP contribution in [0.15, 0.2) is 30.9 Å². The van der Waals surface area contributed by atoms with Crippen LogP contribution in [-0.2, 0) is 42.8 Å². The first-order valence-corrected chi connectivity index (χ1v) is 15.7. The lowest BCUT2D eigenvalue weighted by molar-refractivity contribution is -0.136. The number of hydrogen-bond acceptors (Lipinski definition) is 11. The normalized spacial score (nSPS) is 16.1. The van der Waals surface area contributed by atoms with Gasteiger partial charge in [0.15, 0.2) is 0 Å². The van der Waals surface area contributed by atoms with Gasteiger partial charge in [-0.05, 0) is 31.4 Å². The largest absolute Gasteiger partial charge is 0.379 e. The summed E-state index contributed by atoms with van der Waals surface area (Å²) in [6.07, 6.45) is 4.19. The number of nitrogens with zero attached hydrogens (tertiary/aromatic N) is 1. The lowest BCUT2D eigenvalue weighted by Gasteiger charge is -2.27. The first-order chi connectivity index (χ1) is 22.4. The van der Waals surface area contributed by atoms with Crippen LogP contribution in [0.5, 0.6) is 0 Å². The van der Waals surface area contributed by atoms with Crippen LogP contribution >= 0.6 is 0 Å². The highest BCUT2D eigenvalue weighted by atomic mass is 16.6. The quantitative estimate of drug-likeness (QED) is 0.0903. The van der Waals surface area contributed by atoms with Crippen LogP contribution in [0.3, 0.4) is 0 Å². The monoisotopic (exact) mass is 647 g/mol. The van der Waals surface area contributed by atoms with Gasteiger partial charge in [0.25, 0.3) is 11.8 Å². The number of amides is 5. The summed E-state index contributed by atoms with van der Waals surface area (Å²) in [4.78, 5) is 63.3. The highest BCUT2D eigenvalue weighted by Gasteiger charge is 2.45. The van der Waals surface area contributed by atoms with Gasteiger partial charge in [-0.2, -0.15) is 0 Å². The number of hydrogen-bond donors (Lipinski definition) is 2. The van der Waals surface area contributed by atoms with Gasteiger partial charge in [0.1, 0.15) is 6.04 Å². The van der Waals surface area contributed by atoms with Gasteiger partial charge in [-0.25, -0.2) is 0 Å². The van der Waals surface area contributed by atoms with Crippen LogP contribution in [0, 0.1) is 0 Å². The molecule has 1 atom stereocenters. The molecule has 0 aliphatic carbocycles. The van der Waals surface area contributed by atoms with Crippen molar-refractivity contribution in [2.45, 2.75) is 44.6 Å². The summed E-state index contributed by atoms with van der Waals surface area (Å²) in [6.45, 7) is 9.53. The van der Waals surface area contributed by atoms with Crippen molar-refractivity contribution in [3.8, 4) is 0 Å². The Morgan fingerprint density at radius 2 is 1.39 bits per heavy atom. The Bertz CT molecular complexity index is 1180. The van der Waals surface area contributed by atoms with Gasteiger partial charge in [-0.3, -0.25) is 34.2 Å². The molecule has 1 fully saturated rings. The van der Waals surface area contributed by atoms with E-state index < -0.39 is 29.7 Å². The van der Waals surface area contributed by atoms with Gasteiger partial charge in [-0.1, -0.05) is 18.6 Å². The van der Waals surface area contributed by atoms with E-state index in [9.17, 15) is 24.0 Å². The molecule has 2 aliphatic heterocycles. The molecule has 1 aromatic carbocycles. The molecule has 2 heterocycles. The molecule has 46 heavy (non-hydrogen) atoms. The predicted molar refractivity (Wildman–Crippen MR) is 165 cm³/mol. The molecule has 2 N–H and O–H groups in total. The number of anilines is 1. The molecule has 14 nitrogen and oxygen atoms in total. The molecule has 0 aromatic heterocycles. The smallest absolute Gasteiger partial charge is 0.264 e. The average Bonchev–Trinajstić information content (AvgIpc) is 3.29. The summed E-state index contributed by atoms with van der Waals surface area (Å²) in [5.41, 5.74) is 0.396. The molecule has 1 saturated heterocycles. The molecular weight excluding hydrogens is 602 g/mol. The highest BCUT2D eigenvalue weighted by molar-refractivity contribution is 6.26. The van der Waals surface area contributed by atoms with Gasteiger partial charge >= 0.3 is 0 Å². The summed E-state index contributed by atoms with van der Waals surface area (Å²) in [7, 11) is 0. The minimum absolute atomic E-state index is 0.0330. The molecule has 1 aromatic rings. The van der Waals surface area contributed by atoms with Gasteiger partial charge in [-0.15, -0.1) is 6.58 Å². The number of fused-ring (bicyclic) bond motifs is 1. The predicted octanol–water partition coefficient (Wildman–Crippen LogP) is 1.87. The molecule has 5 amide bonds. The second-order valence-corrected chi connectivity index (χ2v) is 10.5. The molecule has 0 radical (unpaired) electrons. The maximum atomic E-state index is 13.1. The van der Waals surface area contributed by atoms with E-state index in [4.69, 9.17) is 28.4 Å². The number of carbonyl (C=O) groups excluding carboxylic acids is 5. The Morgan fingerprint density at radius 3 is 1.98 bits per heavy atom. The first-order valence-electron chi connectivity index (χ1n) is 15.7. The van der Waals surface area contributed by atoms with Crippen LogP contribution in [-0.4, -0.2) is 120 Å². The molecule has 0 bridgehead atoms. The van der Waals surface area contributed by atoms with Gasteiger partial charge in [0.2, 0.25) is 17.7 Å². The Kier molecular flexibility index (Phi) is 17.1. The lowest BCUT2D eigenvalue weighted by Crippen LogP contribution is -2.54. The van der Waals surface area contributed by atoms with Crippen molar-refractivity contribution in [1.29, 1.82) is 0 Å². The Morgan fingerprint density at radius 1 is 0.804 bits per heavy atom. The maximum Gasteiger partial charge on any atom is 0.264 e. The molecule has 254 valence electrons. The lowest BCUT2D eigenvalue weighted by atomic mass is 10.0. The maximum absolute atomic E-state index is 13.1. The third kappa shape index (κ3) is 12.3.